The highest BCUT2D eigenvalue weighted by molar-refractivity contribution is 6.33. The van der Waals surface area contributed by atoms with Crippen LogP contribution in [0.25, 0.3) is 11.5 Å². The number of nitrogens with one attached hydrogen (secondary N) is 1. The third-order valence-corrected chi connectivity index (χ3v) is 4.96. The van der Waals surface area contributed by atoms with Crippen molar-refractivity contribution in [2.45, 2.75) is 12.8 Å². The van der Waals surface area contributed by atoms with Gasteiger partial charge in [0.15, 0.2) is 5.69 Å². The summed E-state index contributed by atoms with van der Waals surface area (Å²) in [6.07, 6.45) is 3.72. The molecule has 6 nitrogen and oxygen atoms in total. The van der Waals surface area contributed by atoms with Crippen LogP contribution in [0.2, 0.25) is 5.02 Å². The largest absolute Gasteiger partial charge is 0.432 e. The van der Waals surface area contributed by atoms with Crippen LogP contribution in [-0.2, 0) is 0 Å². The first-order chi connectivity index (χ1) is 12.6. The van der Waals surface area contributed by atoms with Gasteiger partial charge in [0.25, 0.3) is 0 Å². The van der Waals surface area contributed by atoms with Crippen LogP contribution in [-0.4, -0.2) is 47.6 Å². The van der Waals surface area contributed by atoms with E-state index in [1.165, 1.54) is 18.9 Å². The van der Waals surface area contributed by atoms with Gasteiger partial charge in [0.05, 0.1) is 16.3 Å². The first kappa shape index (κ1) is 17.0. The summed E-state index contributed by atoms with van der Waals surface area (Å²) in [5.41, 5.74) is 0.851. The number of halogens is 1. The van der Waals surface area contributed by atoms with Crippen molar-refractivity contribution in [3.05, 3.63) is 52.5 Å². The van der Waals surface area contributed by atoms with E-state index in [0.717, 1.165) is 19.6 Å². The zero-order valence-electron chi connectivity index (χ0n) is 14.1. The smallest absolute Gasteiger partial charge is 0.231 e. The van der Waals surface area contributed by atoms with E-state index in [0.29, 0.717) is 17.1 Å². The third-order valence-electron chi connectivity index (χ3n) is 4.63. The Bertz CT molecular complexity index is 897. The number of carbonyl (C=O) groups is 2. The molecule has 0 spiro atoms. The van der Waals surface area contributed by atoms with Gasteiger partial charge in [-0.3, -0.25) is 9.59 Å². The molecule has 7 heteroatoms. The maximum absolute atomic E-state index is 12.7. The second kappa shape index (κ2) is 7.05. The molecule has 1 N–H and O–H groups in total. The van der Waals surface area contributed by atoms with Gasteiger partial charge >= 0.3 is 0 Å². The fraction of sp³-hybridized carbons (Fsp3) is 0.316. The Morgan fingerprint density at radius 1 is 1.19 bits per heavy atom. The number of carbonyl (C=O) groups excluding carboxylic acids is 2. The number of allylic oxidation sites excluding steroid dienone is 2. The van der Waals surface area contributed by atoms with Crippen LogP contribution in [0.15, 0.2) is 40.5 Å². The van der Waals surface area contributed by atoms with Crippen molar-refractivity contribution in [3.63, 3.8) is 0 Å². The molecule has 0 radical (unpaired) electrons. The lowest BCUT2D eigenvalue weighted by Gasteiger charge is -2.17. The van der Waals surface area contributed by atoms with Gasteiger partial charge in [0.2, 0.25) is 23.2 Å². The molecule has 1 aliphatic carbocycles. The number of likely N-dealkylation sites (tertiary alicyclic amines) is 1. The summed E-state index contributed by atoms with van der Waals surface area (Å²) in [6, 6.07) is 7.01. The van der Waals surface area contributed by atoms with Crippen LogP contribution >= 0.6 is 11.6 Å². The maximum Gasteiger partial charge on any atom is 0.231 e. The SMILES string of the molecule is O=C1C(NCCN2CCCC2)=CC(=O)c2oc(-c3ccccc3Cl)nc21. The van der Waals surface area contributed by atoms with E-state index in [1.807, 2.05) is 0 Å². The first-order valence-electron chi connectivity index (χ1n) is 8.66. The Labute approximate surface area is 155 Å². The number of nitrogens with zero attached hydrogens (tertiary/aromatic N) is 2. The Morgan fingerprint density at radius 3 is 2.73 bits per heavy atom. The van der Waals surface area contributed by atoms with Crippen LogP contribution in [0.3, 0.4) is 0 Å². The minimum Gasteiger partial charge on any atom is -0.432 e. The van der Waals surface area contributed by atoms with E-state index in [-0.39, 0.29) is 34.6 Å². The summed E-state index contributed by atoms with van der Waals surface area (Å²) in [7, 11) is 0. The van der Waals surface area contributed by atoms with Gasteiger partial charge in [-0.2, -0.15) is 0 Å². The lowest BCUT2D eigenvalue weighted by atomic mass is 10.0. The zero-order valence-corrected chi connectivity index (χ0v) is 14.9. The van der Waals surface area contributed by atoms with Crippen molar-refractivity contribution in [3.8, 4) is 11.5 Å². The fourth-order valence-electron chi connectivity index (χ4n) is 3.27. The second-order valence-corrected chi connectivity index (χ2v) is 6.81. The molecular formula is C19H18ClN3O3. The molecule has 0 atom stereocenters. The molecule has 1 aromatic carbocycles. The van der Waals surface area contributed by atoms with Crippen molar-refractivity contribution in [2.24, 2.45) is 0 Å². The molecule has 0 amide bonds. The number of benzene rings is 1. The molecule has 1 aromatic heterocycles. The average molecular weight is 372 g/mol. The van der Waals surface area contributed by atoms with Gasteiger partial charge in [0, 0.05) is 19.2 Å². The number of Topliss-reactive ketones (excluding diaryl/α,β-unsaturated/α-hetero) is 1. The van der Waals surface area contributed by atoms with Crippen molar-refractivity contribution in [1.82, 2.24) is 15.2 Å². The molecule has 0 unspecified atom stereocenters. The molecule has 4 rings (SSSR count). The molecule has 0 saturated carbocycles. The third kappa shape index (κ3) is 3.18. The standard InChI is InChI=1S/C19H18ClN3O3/c20-13-6-2-1-5-12(13)19-22-16-17(25)14(11-15(24)18(16)26-19)21-7-10-23-8-3-4-9-23/h1-2,5-6,11,21H,3-4,7-10H2. The number of aromatic nitrogens is 1. The molecule has 0 bridgehead atoms. The summed E-state index contributed by atoms with van der Waals surface area (Å²) in [5, 5.41) is 3.52. The average Bonchev–Trinajstić information content (AvgIpc) is 3.29. The molecule has 1 aliphatic heterocycles. The Kier molecular flexibility index (Phi) is 4.61. The fourth-order valence-corrected chi connectivity index (χ4v) is 3.48. The van der Waals surface area contributed by atoms with Gasteiger partial charge in [-0.1, -0.05) is 23.7 Å². The summed E-state index contributed by atoms with van der Waals surface area (Å²) < 4.78 is 5.54. The predicted octanol–water partition coefficient (Wildman–Crippen LogP) is 2.94. The molecule has 26 heavy (non-hydrogen) atoms. The lowest BCUT2D eigenvalue weighted by Crippen LogP contribution is -2.33. The van der Waals surface area contributed by atoms with Crippen LogP contribution < -0.4 is 5.32 Å². The zero-order chi connectivity index (χ0) is 18.1. The minimum absolute atomic E-state index is 0.0324. The summed E-state index contributed by atoms with van der Waals surface area (Å²) in [4.78, 5) is 31.6. The van der Waals surface area contributed by atoms with Crippen molar-refractivity contribution >= 4 is 23.2 Å². The first-order valence-corrected chi connectivity index (χ1v) is 9.04. The Morgan fingerprint density at radius 2 is 1.96 bits per heavy atom. The topological polar surface area (TPSA) is 75.4 Å². The normalized spacial score (nSPS) is 17.3. The van der Waals surface area contributed by atoms with Gasteiger partial charge in [-0.25, -0.2) is 4.98 Å². The lowest BCUT2D eigenvalue weighted by molar-refractivity contribution is 0.0960. The summed E-state index contributed by atoms with van der Waals surface area (Å²) in [6.45, 7) is 3.62. The molecule has 2 aromatic rings. The van der Waals surface area contributed by atoms with E-state index >= 15 is 0 Å². The Balaban J connectivity index is 1.52. The van der Waals surface area contributed by atoms with Gasteiger partial charge in [-0.05, 0) is 38.1 Å². The number of oxazole rings is 1. The highest BCUT2D eigenvalue weighted by atomic mass is 35.5. The number of fused-ring (bicyclic) bond motifs is 1. The van der Waals surface area contributed by atoms with Crippen LogP contribution in [0.4, 0.5) is 0 Å². The number of rotatable bonds is 5. The maximum atomic E-state index is 12.7. The van der Waals surface area contributed by atoms with E-state index in [4.69, 9.17) is 16.0 Å². The van der Waals surface area contributed by atoms with Gasteiger partial charge in [0.1, 0.15) is 0 Å². The monoisotopic (exact) mass is 371 g/mol. The number of hydrogen-bond acceptors (Lipinski definition) is 6. The highest BCUT2D eigenvalue weighted by Crippen LogP contribution is 2.31. The molecule has 1 saturated heterocycles. The van der Waals surface area contributed by atoms with Crippen LogP contribution in [0, 0.1) is 0 Å². The van der Waals surface area contributed by atoms with E-state index in [9.17, 15) is 9.59 Å². The van der Waals surface area contributed by atoms with E-state index < -0.39 is 0 Å². The van der Waals surface area contributed by atoms with Crippen molar-refractivity contribution in [1.29, 1.82) is 0 Å². The van der Waals surface area contributed by atoms with E-state index in [2.05, 4.69) is 15.2 Å². The summed E-state index contributed by atoms with van der Waals surface area (Å²) in [5.74, 6) is -0.554. The predicted molar refractivity (Wildman–Crippen MR) is 97.4 cm³/mol. The van der Waals surface area contributed by atoms with Gasteiger partial charge in [-0.15, -0.1) is 0 Å². The molecule has 2 aliphatic rings. The highest BCUT2D eigenvalue weighted by Gasteiger charge is 2.32. The van der Waals surface area contributed by atoms with Crippen LogP contribution in [0.1, 0.15) is 33.9 Å². The molecule has 1 fully saturated rings. The second-order valence-electron chi connectivity index (χ2n) is 6.40. The molecule has 2 heterocycles. The quantitative estimate of drug-likeness (QED) is 0.870. The van der Waals surface area contributed by atoms with Crippen molar-refractivity contribution in [2.75, 3.05) is 26.2 Å². The molecule has 134 valence electrons. The van der Waals surface area contributed by atoms with Gasteiger partial charge < -0.3 is 14.6 Å². The number of hydrogen-bond donors (Lipinski definition) is 1. The Hall–Kier alpha value is -2.44. The minimum atomic E-state index is -0.367. The number of ketones is 2. The van der Waals surface area contributed by atoms with Crippen LogP contribution in [0.5, 0.6) is 0 Å². The van der Waals surface area contributed by atoms with E-state index in [1.54, 1.807) is 24.3 Å². The summed E-state index contributed by atoms with van der Waals surface area (Å²) >= 11 is 6.15. The van der Waals surface area contributed by atoms with Crippen molar-refractivity contribution < 1.29 is 14.0 Å². The molecular weight excluding hydrogens is 354 g/mol.